The quantitative estimate of drug-likeness (QED) is 0.776. The number of anilines is 2. The predicted molar refractivity (Wildman–Crippen MR) is 72.1 cm³/mol. The molecule has 0 unspecified atom stereocenters. The molecule has 0 heterocycles. The summed E-state index contributed by atoms with van der Waals surface area (Å²) in [7, 11) is 0. The predicted octanol–water partition coefficient (Wildman–Crippen LogP) is 1.71. The molecule has 104 valence electrons. The van der Waals surface area contributed by atoms with Crippen LogP contribution in [0, 0.1) is 11.7 Å². The van der Waals surface area contributed by atoms with E-state index in [1.165, 1.54) is 25.1 Å². The number of nitrogens with two attached hydrogens (primary N) is 1. The number of rotatable bonds is 4. The van der Waals surface area contributed by atoms with Crippen molar-refractivity contribution in [2.24, 2.45) is 11.7 Å². The zero-order chi connectivity index (χ0) is 14.6. The highest BCUT2D eigenvalue weighted by Crippen LogP contribution is 2.20. The molecule has 2 amide bonds. The Morgan fingerprint density at radius 2 is 1.89 bits per heavy atom. The van der Waals surface area contributed by atoms with Crippen molar-refractivity contribution in [1.29, 1.82) is 0 Å². The molecule has 0 saturated carbocycles. The summed E-state index contributed by atoms with van der Waals surface area (Å²) in [6.07, 6.45) is 0. The van der Waals surface area contributed by atoms with Gasteiger partial charge in [0.25, 0.3) is 0 Å². The van der Waals surface area contributed by atoms with E-state index in [1.54, 1.807) is 0 Å². The lowest BCUT2D eigenvalue weighted by Gasteiger charge is -2.16. The highest BCUT2D eigenvalue weighted by molar-refractivity contribution is 5.96. The first kappa shape index (κ1) is 15.1. The minimum Gasteiger partial charge on any atom is -0.325 e. The van der Waals surface area contributed by atoms with E-state index in [9.17, 15) is 14.0 Å². The maximum Gasteiger partial charge on any atom is 0.241 e. The van der Waals surface area contributed by atoms with Gasteiger partial charge in [0.05, 0.1) is 11.7 Å². The number of halogens is 1. The van der Waals surface area contributed by atoms with Crippen LogP contribution in [0.5, 0.6) is 0 Å². The van der Waals surface area contributed by atoms with Crippen LogP contribution in [0.15, 0.2) is 18.2 Å². The van der Waals surface area contributed by atoms with Gasteiger partial charge in [-0.3, -0.25) is 9.59 Å². The highest BCUT2D eigenvalue weighted by atomic mass is 19.1. The lowest BCUT2D eigenvalue weighted by molar-refractivity contribution is -0.118. The number of hydrogen-bond donors (Lipinski definition) is 3. The third-order valence-electron chi connectivity index (χ3n) is 2.57. The van der Waals surface area contributed by atoms with Crippen LogP contribution in [0.4, 0.5) is 15.8 Å². The number of carbonyl (C=O) groups excluding carboxylic acids is 2. The van der Waals surface area contributed by atoms with Gasteiger partial charge in [0, 0.05) is 12.6 Å². The van der Waals surface area contributed by atoms with Crippen LogP contribution in [0.25, 0.3) is 0 Å². The fourth-order valence-corrected chi connectivity index (χ4v) is 1.42. The lowest BCUT2D eigenvalue weighted by Crippen LogP contribution is -2.39. The Balaban J connectivity index is 2.85. The van der Waals surface area contributed by atoms with Crippen LogP contribution in [-0.4, -0.2) is 17.9 Å². The van der Waals surface area contributed by atoms with Gasteiger partial charge in [-0.15, -0.1) is 0 Å². The smallest absolute Gasteiger partial charge is 0.241 e. The minimum absolute atomic E-state index is 0.00439. The topological polar surface area (TPSA) is 84.2 Å². The van der Waals surface area contributed by atoms with Crippen molar-refractivity contribution in [3.63, 3.8) is 0 Å². The summed E-state index contributed by atoms with van der Waals surface area (Å²) >= 11 is 0. The fraction of sp³-hybridized carbons (Fsp3) is 0.385. The van der Waals surface area contributed by atoms with Gasteiger partial charge in [0.1, 0.15) is 5.82 Å². The first-order chi connectivity index (χ1) is 8.81. The molecule has 0 fully saturated rings. The molecule has 0 radical (unpaired) electrons. The maximum atomic E-state index is 13.4. The van der Waals surface area contributed by atoms with Gasteiger partial charge in [-0.25, -0.2) is 4.39 Å². The highest BCUT2D eigenvalue weighted by Gasteiger charge is 2.17. The van der Waals surface area contributed by atoms with Crippen molar-refractivity contribution in [3.05, 3.63) is 24.0 Å². The molecule has 19 heavy (non-hydrogen) atoms. The Hall–Kier alpha value is -1.95. The summed E-state index contributed by atoms with van der Waals surface area (Å²) in [5.41, 5.74) is 6.10. The average molecular weight is 267 g/mol. The Bertz CT molecular complexity index is 489. The molecule has 5 nitrogen and oxygen atoms in total. The molecular weight excluding hydrogens is 249 g/mol. The van der Waals surface area contributed by atoms with Crippen LogP contribution in [0.1, 0.15) is 20.8 Å². The molecular formula is C13H18FN3O2. The van der Waals surface area contributed by atoms with Crippen molar-refractivity contribution >= 4 is 23.2 Å². The fourth-order valence-electron chi connectivity index (χ4n) is 1.42. The molecule has 0 spiro atoms. The number of carbonyl (C=O) groups is 2. The van der Waals surface area contributed by atoms with Crippen molar-refractivity contribution in [3.8, 4) is 0 Å². The number of amides is 2. The Morgan fingerprint density at radius 1 is 1.26 bits per heavy atom. The van der Waals surface area contributed by atoms with Gasteiger partial charge in [-0.2, -0.15) is 0 Å². The summed E-state index contributed by atoms with van der Waals surface area (Å²) in [5.74, 6) is -1.31. The Morgan fingerprint density at radius 3 is 2.42 bits per heavy atom. The maximum absolute atomic E-state index is 13.4. The van der Waals surface area contributed by atoms with E-state index in [0.29, 0.717) is 5.69 Å². The number of hydrogen-bond acceptors (Lipinski definition) is 3. The normalized spacial score (nSPS) is 12.1. The molecule has 1 aromatic rings. The van der Waals surface area contributed by atoms with Crippen LogP contribution in [0.2, 0.25) is 0 Å². The zero-order valence-electron chi connectivity index (χ0n) is 11.2. The molecule has 0 aliphatic rings. The molecule has 6 heteroatoms. The van der Waals surface area contributed by atoms with Crippen molar-refractivity contribution in [2.75, 3.05) is 10.6 Å². The van der Waals surface area contributed by atoms with Crippen molar-refractivity contribution < 1.29 is 14.0 Å². The van der Waals surface area contributed by atoms with E-state index >= 15 is 0 Å². The first-order valence-corrected chi connectivity index (χ1v) is 5.95. The number of benzene rings is 1. The van der Waals surface area contributed by atoms with Gasteiger partial charge in [0.15, 0.2) is 0 Å². The summed E-state index contributed by atoms with van der Waals surface area (Å²) in [6.45, 7) is 4.94. The third-order valence-corrected chi connectivity index (χ3v) is 2.57. The van der Waals surface area contributed by atoms with E-state index < -0.39 is 11.9 Å². The van der Waals surface area contributed by atoms with Crippen LogP contribution in [0.3, 0.4) is 0 Å². The monoisotopic (exact) mass is 267 g/mol. The Labute approximate surface area is 111 Å². The summed E-state index contributed by atoms with van der Waals surface area (Å²) in [5, 5.41) is 4.92. The third kappa shape index (κ3) is 4.33. The summed E-state index contributed by atoms with van der Waals surface area (Å²) in [4.78, 5) is 22.7. The van der Waals surface area contributed by atoms with Crippen LogP contribution < -0.4 is 16.4 Å². The molecule has 0 aromatic heterocycles. The molecule has 0 aliphatic carbocycles. The largest absolute Gasteiger partial charge is 0.325 e. The average Bonchev–Trinajstić information content (AvgIpc) is 2.31. The molecule has 0 bridgehead atoms. The summed E-state index contributed by atoms with van der Waals surface area (Å²) < 4.78 is 13.4. The van der Waals surface area contributed by atoms with E-state index in [0.717, 1.165) is 0 Å². The van der Waals surface area contributed by atoms with Crippen LogP contribution >= 0.6 is 0 Å². The first-order valence-electron chi connectivity index (χ1n) is 5.95. The molecule has 1 rings (SSSR count). The standard InChI is InChI=1S/C13H18FN3O2/c1-7(2)12(15)13(19)17-9-4-5-10(14)11(6-9)16-8(3)18/h4-7,12H,15H2,1-3H3,(H,16,18)(H,17,19)/t12-/m0/s1. The second-order valence-electron chi connectivity index (χ2n) is 4.63. The van der Waals surface area contributed by atoms with Crippen molar-refractivity contribution in [2.45, 2.75) is 26.8 Å². The second-order valence-corrected chi connectivity index (χ2v) is 4.63. The minimum atomic E-state index is -0.644. The van der Waals surface area contributed by atoms with Gasteiger partial charge in [0.2, 0.25) is 11.8 Å². The molecule has 0 aliphatic heterocycles. The van der Waals surface area contributed by atoms with E-state index in [4.69, 9.17) is 5.73 Å². The van der Waals surface area contributed by atoms with Crippen molar-refractivity contribution in [1.82, 2.24) is 0 Å². The van der Waals surface area contributed by atoms with Gasteiger partial charge >= 0.3 is 0 Å². The number of nitrogens with one attached hydrogen (secondary N) is 2. The molecule has 1 atom stereocenters. The van der Waals surface area contributed by atoms with E-state index in [2.05, 4.69) is 10.6 Å². The Kier molecular flexibility index (Phi) is 5.00. The molecule has 1 aromatic carbocycles. The SMILES string of the molecule is CC(=O)Nc1cc(NC(=O)[C@@H](N)C(C)C)ccc1F. The van der Waals surface area contributed by atoms with Crippen LogP contribution in [-0.2, 0) is 9.59 Å². The van der Waals surface area contributed by atoms with Gasteiger partial charge < -0.3 is 16.4 Å². The lowest BCUT2D eigenvalue weighted by atomic mass is 10.0. The van der Waals surface area contributed by atoms with Gasteiger partial charge in [-0.05, 0) is 24.1 Å². The molecule has 0 saturated heterocycles. The molecule has 4 N–H and O–H groups in total. The zero-order valence-corrected chi connectivity index (χ0v) is 11.2. The van der Waals surface area contributed by atoms with E-state index in [1.807, 2.05) is 13.8 Å². The van der Waals surface area contributed by atoms with E-state index in [-0.39, 0.29) is 23.4 Å². The second kappa shape index (κ2) is 6.29. The summed E-state index contributed by atoms with van der Waals surface area (Å²) in [6, 6.07) is 3.28. The van der Waals surface area contributed by atoms with Gasteiger partial charge in [-0.1, -0.05) is 13.8 Å².